The number of aliphatic hydroxyl groups excluding tert-OH is 1. The summed E-state index contributed by atoms with van der Waals surface area (Å²) in [6, 6.07) is 7.66. The highest BCUT2D eigenvalue weighted by molar-refractivity contribution is 5.76. The van der Waals surface area contributed by atoms with E-state index in [-0.39, 0.29) is 17.9 Å². The van der Waals surface area contributed by atoms with Crippen LogP contribution in [-0.2, 0) is 4.79 Å². The topological polar surface area (TPSA) is 75.3 Å². The molecule has 4 heteroatoms. The number of anilines is 1. The van der Waals surface area contributed by atoms with Crippen LogP contribution in [0.15, 0.2) is 24.3 Å². The van der Waals surface area contributed by atoms with Crippen molar-refractivity contribution in [1.29, 1.82) is 0 Å². The summed E-state index contributed by atoms with van der Waals surface area (Å²) in [7, 11) is 0. The van der Waals surface area contributed by atoms with Crippen molar-refractivity contribution in [1.82, 2.24) is 5.32 Å². The Morgan fingerprint density at radius 2 is 2.05 bits per heavy atom. The Hall–Kier alpha value is -1.55. The van der Waals surface area contributed by atoms with Crippen LogP contribution in [-0.4, -0.2) is 23.7 Å². The SMILES string of the molecule is CC(CC(=O)NCC1CC(O)C1)c1ccc(N)cc1. The van der Waals surface area contributed by atoms with Gasteiger partial charge in [-0.15, -0.1) is 0 Å². The van der Waals surface area contributed by atoms with Crippen molar-refractivity contribution >= 4 is 11.6 Å². The van der Waals surface area contributed by atoms with Crippen LogP contribution in [0.25, 0.3) is 0 Å². The summed E-state index contributed by atoms with van der Waals surface area (Å²) in [4.78, 5) is 11.8. The lowest BCUT2D eigenvalue weighted by atomic mass is 9.82. The van der Waals surface area contributed by atoms with Crippen LogP contribution in [0.3, 0.4) is 0 Å². The second-order valence-electron chi connectivity index (χ2n) is 5.57. The van der Waals surface area contributed by atoms with Crippen molar-refractivity contribution in [3.63, 3.8) is 0 Å². The Labute approximate surface area is 114 Å². The number of hydrogen-bond donors (Lipinski definition) is 3. The van der Waals surface area contributed by atoms with Crippen molar-refractivity contribution < 1.29 is 9.90 Å². The lowest BCUT2D eigenvalue weighted by Gasteiger charge is -2.31. The highest BCUT2D eigenvalue weighted by Crippen LogP contribution is 2.26. The van der Waals surface area contributed by atoms with Crippen molar-refractivity contribution in [2.24, 2.45) is 5.92 Å². The Bertz CT molecular complexity index is 424. The molecule has 1 amide bonds. The van der Waals surface area contributed by atoms with Gasteiger partial charge < -0.3 is 16.2 Å². The third kappa shape index (κ3) is 3.96. The van der Waals surface area contributed by atoms with E-state index in [0.717, 1.165) is 24.1 Å². The highest BCUT2D eigenvalue weighted by Gasteiger charge is 2.27. The number of nitrogen functional groups attached to an aromatic ring is 1. The lowest BCUT2D eigenvalue weighted by molar-refractivity contribution is -0.122. The normalized spacial score (nSPS) is 23.5. The van der Waals surface area contributed by atoms with Crippen molar-refractivity contribution in [3.05, 3.63) is 29.8 Å². The van der Waals surface area contributed by atoms with Gasteiger partial charge in [-0.1, -0.05) is 19.1 Å². The van der Waals surface area contributed by atoms with Gasteiger partial charge in [-0.25, -0.2) is 0 Å². The first-order chi connectivity index (χ1) is 9.04. The molecule has 0 aromatic heterocycles. The number of amides is 1. The summed E-state index contributed by atoms with van der Waals surface area (Å²) in [5.74, 6) is 0.712. The van der Waals surface area contributed by atoms with Gasteiger partial charge in [0.1, 0.15) is 0 Å². The largest absolute Gasteiger partial charge is 0.399 e. The highest BCUT2D eigenvalue weighted by atomic mass is 16.3. The maximum Gasteiger partial charge on any atom is 0.220 e. The summed E-state index contributed by atoms with van der Waals surface area (Å²) >= 11 is 0. The third-order valence-corrected chi connectivity index (χ3v) is 3.80. The average Bonchev–Trinajstić information content (AvgIpc) is 2.34. The van der Waals surface area contributed by atoms with Crippen molar-refractivity contribution in [3.8, 4) is 0 Å². The number of benzene rings is 1. The minimum Gasteiger partial charge on any atom is -0.399 e. The third-order valence-electron chi connectivity index (χ3n) is 3.80. The molecule has 1 aromatic carbocycles. The van der Waals surface area contributed by atoms with E-state index < -0.39 is 0 Å². The zero-order valence-corrected chi connectivity index (χ0v) is 11.3. The molecule has 0 radical (unpaired) electrons. The molecule has 1 unspecified atom stereocenters. The van der Waals surface area contributed by atoms with Crippen LogP contribution in [0.5, 0.6) is 0 Å². The van der Waals surface area contributed by atoms with E-state index in [0.29, 0.717) is 18.9 Å². The molecular formula is C15H22N2O2. The van der Waals surface area contributed by atoms with Gasteiger partial charge in [0.05, 0.1) is 6.10 Å². The molecule has 1 atom stereocenters. The van der Waals surface area contributed by atoms with Crippen LogP contribution in [0.1, 0.15) is 37.7 Å². The fraction of sp³-hybridized carbons (Fsp3) is 0.533. The molecule has 1 aliphatic rings. The van der Waals surface area contributed by atoms with Gasteiger partial charge in [0.25, 0.3) is 0 Å². The molecule has 0 bridgehead atoms. The first kappa shape index (κ1) is 13.9. The van der Waals surface area contributed by atoms with E-state index in [1.807, 2.05) is 31.2 Å². The van der Waals surface area contributed by atoms with E-state index in [2.05, 4.69) is 5.32 Å². The van der Waals surface area contributed by atoms with Crippen LogP contribution >= 0.6 is 0 Å². The predicted molar refractivity (Wildman–Crippen MR) is 75.6 cm³/mol. The Morgan fingerprint density at radius 1 is 1.42 bits per heavy atom. The first-order valence-corrected chi connectivity index (χ1v) is 6.84. The Morgan fingerprint density at radius 3 is 2.63 bits per heavy atom. The van der Waals surface area contributed by atoms with Crippen LogP contribution in [0, 0.1) is 5.92 Å². The molecule has 1 fully saturated rings. The Balaban J connectivity index is 1.73. The average molecular weight is 262 g/mol. The minimum absolute atomic E-state index is 0.0747. The van der Waals surface area contributed by atoms with Gasteiger partial charge in [0.2, 0.25) is 5.91 Å². The molecule has 4 nitrogen and oxygen atoms in total. The molecule has 1 aliphatic carbocycles. The van der Waals surface area contributed by atoms with Gasteiger partial charge in [0, 0.05) is 18.7 Å². The predicted octanol–water partition coefficient (Wildman–Crippen LogP) is 1.65. The molecule has 0 spiro atoms. The number of nitrogens with one attached hydrogen (secondary N) is 1. The van der Waals surface area contributed by atoms with E-state index in [1.54, 1.807) is 0 Å². The van der Waals surface area contributed by atoms with Gasteiger partial charge in [-0.2, -0.15) is 0 Å². The fourth-order valence-corrected chi connectivity index (χ4v) is 2.42. The molecule has 0 aliphatic heterocycles. The summed E-state index contributed by atoms with van der Waals surface area (Å²) in [5.41, 5.74) is 7.51. The summed E-state index contributed by atoms with van der Waals surface area (Å²) in [6.07, 6.45) is 1.96. The molecule has 19 heavy (non-hydrogen) atoms. The van der Waals surface area contributed by atoms with Crippen LogP contribution in [0.2, 0.25) is 0 Å². The van der Waals surface area contributed by atoms with Gasteiger partial charge in [0.15, 0.2) is 0 Å². The van der Waals surface area contributed by atoms with E-state index in [9.17, 15) is 9.90 Å². The smallest absolute Gasteiger partial charge is 0.220 e. The quantitative estimate of drug-likeness (QED) is 0.706. The second-order valence-corrected chi connectivity index (χ2v) is 5.57. The summed E-state index contributed by atoms with van der Waals surface area (Å²) in [5, 5.41) is 12.1. The number of aliphatic hydroxyl groups is 1. The van der Waals surface area contributed by atoms with Crippen molar-refractivity contribution in [2.75, 3.05) is 12.3 Å². The molecular weight excluding hydrogens is 240 g/mol. The monoisotopic (exact) mass is 262 g/mol. The summed E-state index contributed by atoms with van der Waals surface area (Å²) in [6.45, 7) is 2.72. The number of rotatable bonds is 5. The molecule has 1 aromatic rings. The van der Waals surface area contributed by atoms with Crippen LogP contribution < -0.4 is 11.1 Å². The summed E-state index contributed by atoms with van der Waals surface area (Å²) < 4.78 is 0. The lowest BCUT2D eigenvalue weighted by Crippen LogP contribution is -2.38. The van der Waals surface area contributed by atoms with Gasteiger partial charge in [-0.3, -0.25) is 4.79 Å². The molecule has 104 valence electrons. The van der Waals surface area contributed by atoms with Gasteiger partial charge >= 0.3 is 0 Å². The molecule has 2 rings (SSSR count). The van der Waals surface area contributed by atoms with E-state index in [1.165, 1.54) is 0 Å². The zero-order chi connectivity index (χ0) is 13.8. The molecule has 1 saturated carbocycles. The van der Waals surface area contributed by atoms with Crippen molar-refractivity contribution in [2.45, 2.75) is 38.2 Å². The maximum absolute atomic E-state index is 11.8. The maximum atomic E-state index is 11.8. The minimum atomic E-state index is -0.157. The van der Waals surface area contributed by atoms with E-state index >= 15 is 0 Å². The molecule has 0 heterocycles. The van der Waals surface area contributed by atoms with E-state index in [4.69, 9.17) is 5.73 Å². The number of carbonyl (C=O) groups is 1. The number of nitrogens with two attached hydrogens (primary N) is 1. The zero-order valence-electron chi connectivity index (χ0n) is 11.3. The van der Waals surface area contributed by atoms with Crippen LogP contribution in [0.4, 0.5) is 5.69 Å². The van der Waals surface area contributed by atoms with Gasteiger partial charge in [-0.05, 0) is 42.4 Å². The number of hydrogen-bond acceptors (Lipinski definition) is 3. The molecule has 0 saturated heterocycles. The molecule has 4 N–H and O–H groups in total. The fourth-order valence-electron chi connectivity index (χ4n) is 2.42. The standard InChI is InChI=1S/C15H22N2O2/c1-10(12-2-4-13(16)5-3-12)6-15(19)17-9-11-7-14(18)8-11/h2-5,10-11,14,18H,6-9,16H2,1H3,(H,17,19). The number of carbonyl (C=O) groups excluding carboxylic acids is 1. The second kappa shape index (κ2) is 6.06. The first-order valence-electron chi connectivity index (χ1n) is 6.84. The Kier molecular flexibility index (Phi) is 4.43.